The molecule has 1 aromatic rings. The van der Waals surface area contributed by atoms with Gasteiger partial charge in [-0.25, -0.2) is 4.79 Å². The number of hydrogen-bond acceptors (Lipinski definition) is 4. The maximum absolute atomic E-state index is 12.1. The van der Waals surface area contributed by atoms with E-state index < -0.39 is 5.60 Å². The molecule has 2 N–H and O–H groups in total. The molecule has 23 heavy (non-hydrogen) atoms. The Hall–Kier alpha value is -2.24. The number of piperidine rings is 1. The molecule has 1 fully saturated rings. The van der Waals surface area contributed by atoms with Gasteiger partial charge in [-0.2, -0.15) is 0 Å². The summed E-state index contributed by atoms with van der Waals surface area (Å²) in [5, 5.41) is 12.4. The second-order valence-corrected chi connectivity index (χ2v) is 6.77. The van der Waals surface area contributed by atoms with Crippen LogP contribution in [0.2, 0.25) is 0 Å². The third-order valence-corrected chi connectivity index (χ3v) is 3.59. The van der Waals surface area contributed by atoms with Gasteiger partial charge < -0.3 is 20.1 Å². The van der Waals surface area contributed by atoms with Gasteiger partial charge in [0.05, 0.1) is 0 Å². The van der Waals surface area contributed by atoms with Crippen LogP contribution in [-0.2, 0) is 4.74 Å². The summed E-state index contributed by atoms with van der Waals surface area (Å²) in [5.41, 5.74) is -0.0724. The number of carbonyl (C=O) groups excluding carboxylic acids is 2. The molecule has 0 atom stereocenters. The van der Waals surface area contributed by atoms with Gasteiger partial charge in [-0.1, -0.05) is 6.07 Å². The Morgan fingerprint density at radius 1 is 1.26 bits per heavy atom. The highest BCUT2D eigenvalue weighted by Crippen LogP contribution is 2.16. The van der Waals surface area contributed by atoms with E-state index in [9.17, 15) is 14.7 Å². The van der Waals surface area contributed by atoms with Crippen LogP contribution in [0.25, 0.3) is 0 Å². The zero-order valence-corrected chi connectivity index (χ0v) is 13.8. The lowest BCUT2D eigenvalue weighted by atomic mass is 10.0. The van der Waals surface area contributed by atoms with E-state index in [-0.39, 0.29) is 23.8 Å². The first-order valence-corrected chi connectivity index (χ1v) is 7.82. The standard InChI is InChI=1S/C17H24N2O4/c1-17(2,3)23-16(22)19-9-7-13(8-10-19)18-15(21)12-5-4-6-14(20)11-12/h4-6,11,13,20H,7-10H2,1-3H3,(H,18,21). The second-order valence-electron chi connectivity index (χ2n) is 6.77. The number of nitrogens with one attached hydrogen (secondary N) is 1. The number of amides is 2. The number of benzene rings is 1. The quantitative estimate of drug-likeness (QED) is 0.877. The van der Waals surface area contributed by atoms with Crippen molar-refractivity contribution in [2.45, 2.75) is 45.3 Å². The molecule has 0 spiro atoms. The molecule has 1 aromatic carbocycles. The molecule has 0 aromatic heterocycles. The fourth-order valence-corrected chi connectivity index (χ4v) is 2.45. The molecule has 2 amide bonds. The van der Waals surface area contributed by atoms with Gasteiger partial charge in [0.1, 0.15) is 11.4 Å². The van der Waals surface area contributed by atoms with Crippen LogP contribution < -0.4 is 5.32 Å². The number of nitrogens with zero attached hydrogens (tertiary/aromatic N) is 1. The van der Waals surface area contributed by atoms with Crippen LogP contribution in [0.4, 0.5) is 4.79 Å². The van der Waals surface area contributed by atoms with Crippen LogP contribution in [0.5, 0.6) is 5.75 Å². The summed E-state index contributed by atoms with van der Waals surface area (Å²) in [6, 6.07) is 6.27. The van der Waals surface area contributed by atoms with Gasteiger partial charge in [0.25, 0.3) is 5.91 Å². The largest absolute Gasteiger partial charge is 0.508 e. The lowest BCUT2D eigenvalue weighted by Crippen LogP contribution is -2.47. The number of ether oxygens (including phenoxy) is 1. The van der Waals surface area contributed by atoms with Crippen molar-refractivity contribution in [2.24, 2.45) is 0 Å². The average Bonchev–Trinajstić information content (AvgIpc) is 2.46. The topological polar surface area (TPSA) is 78.9 Å². The lowest BCUT2D eigenvalue weighted by Gasteiger charge is -2.33. The molecule has 1 aliphatic rings. The van der Waals surface area contributed by atoms with Crippen LogP contribution in [0.15, 0.2) is 24.3 Å². The Bertz CT molecular complexity index is 572. The van der Waals surface area contributed by atoms with Gasteiger partial charge in [0.2, 0.25) is 0 Å². The highest BCUT2D eigenvalue weighted by molar-refractivity contribution is 5.94. The Morgan fingerprint density at radius 3 is 2.48 bits per heavy atom. The summed E-state index contributed by atoms with van der Waals surface area (Å²) in [6.07, 6.45) is 1.06. The number of rotatable bonds is 2. The first-order valence-electron chi connectivity index (χ1n) is 7.82. The van der Waals surface area contributed by atoms with Crippen LogP contribution in [0.3, 0.4) is 0 Å². The van der Waals surface area contributed by atoms with Crippen molar-refractivity contribution in [1.82, 2.24) is 10.2 Å². The van der Waals surface area contributed by atoms with Gasteiger partial charge in [-0.05, 0) is 51.8 Å². The SMILES string of the molecule is CC(C)(C)OC(=O)N1CCC(NC(=O)c2cccc(O)c2)CC1. The number of likely N-dealkylation sites (tertiary alicyclic amines) is 1. The molecular weight excluding hydrogens is 296 g/mol. The molecule has 2 rings (SSSR count). The Morgan fingerprint density at radius 2 is 1.91 bits per heavy atom. The van der Waals surface area contributed by atoms with E-state index in [1.165, 1.54) is 12.1 Å². The summed E-state index contributed by atoms with van der Waals surface area (Å²) < 4.78 is 5.35. The van der Waals surface area contributed by atoms with Crippen molar-refractivity contribution in [3.05, 3.63) is 29.8 Å². The van der Waals surface area contributed by atoms with E-state index in [1.54, 1.807) is 17.0 Å². The van der Waals surface area contributed by atoms with Crippen LogP contribution in [0.1, 0.15) is 44.0 Å². The van der Waals surface area contributed by atoms with Crippen LogP contribution in [0, 0.1) is 0 Å². The molecule has 0 bridgehead atoms. The Labute approximate surface area is 136 Å². The third kappa shape index (κ3) is 5.16. The van der Waals surface area contributed by atoms with E-state index in [4.69, 9.17) is 4.74 Å². The molecular formula is C17H24N2O4. The monoisotopic (exact) mass is 320 g/mol. The number of carbonyl (C=O) groups is 2. The first-order chi connectivity index (χ1) is 10.7. The minimum atomic E-state index is -0.503. The summed E-state index contributed by atoms with van der Waals surface area (Å²) in [6.45, 7) is 6.63. The van der Waals surface area contributed by atoms with Gasteiger partial charge >= 0.3 is 6.09 Å². The molecule has 6 heteroatoms. The zero-order valence-electron chi connectivity index (χ0n) is 13.8. The summed E-state index contributed by atoms with van der Waals surface area (Å²) in [7, 11) is 0. The Kier molecular flexibility index (Phi) is 5.13. The molecule has 0 aliphatic carbocycles. The highest BCUT2D eigenvalue weighted by Gasteiger charge is 2.27. The predicted octanol–water partition coefficient (Wildman–Crippen LogP) is 2.52. The van der Waals surface area contributed by atoms with Crippen molar-refractivity contribution in [3.8, 4) is 5.75 Å². The number of phenols is 1. The van der Waals surface area contributed by atoms with E-state index in [0.29, 0.717) is 31.5 Å². The van der Waals surface area contributed by atoms with E-state index in [1.807, 2.05) is 20.8 Å². The molecule has 1 saturated heterocycles. The lowest BCUT2D eigenvalue weighted by molar-refractivity contribution is 0.0199. The van der Waals surface area contributed by atoms with Gasteiger partial charge in [-0.15, -0.1) is 0 Å². The number of phenolic OH excluding ortho intramolecular Hbond substituents is 1. The van der Waals surface area contributed by atoms with Gasteiger partial charge in [-0.3, -0.25) is 4.79 Å². The maximum atomic E-state index is 12.1. The molecule has 6 nitrogen and oxygen atoms in total. The predicted molar refractivity (Wildman–Crippen MR) is 86.4 cm³/mol. The summed E-state index contributed by atoms with van der Waals surface area (Å²) in [5.74, 6) is -0.144. The number of hydrogen-bond donors (Lipinski definition) is 2. The smallest absolute Gasteiger partial charge is 0.410 e. The molecule has 0 saturated carbocycles. The highest BCUT2D eigenvalue weighted by atomic mass is 16.6. The van der Waals surface area contributed by atoms with E-state index in [0.717, 1.165) is 0 Å². The van der Waals surface area contributed by atoms with E-state index in [2.05, 4.69) is 5.32 Å². The maximum Gasteiger partial charge on any atom is 0.410 e. The van der Waals surface area contributed by atoms with Crippen molar-refractivity contribution >= 4 is 12.0 Å². The van der Waals surface area contributed by atoms with Crippen LogP contribution in [-0.4, -0.2) is 46.7 Å². The third-order valence-electron chi connectivity index (χ3n) is 3.59. The minimum Gasteiger partial charge on any atom is -0.508 e. The van der Waals surface area contributed by atoms with Crippen molar-refractivity contribution in [2.75, 3.05) is 13.1 Å². The first kappa shape index (κ1) is 17.1. The van der Waals surface area contributed by atoms with Gasteiger partial charge in [0, 0.05) is 24.7 Å². The number of aromatic hydroxyl groups is 1. The molecule has 0 unspecified atom stereocenters. The second kappa shape index (κ2) is 6.89. The molecule has 1 heterocycles. The average molecular weight is 320 g/mol. The molecule has 1 aliphatic heterocycles. The van der Waals surface area contributed by atoms with E-state index >= 15 is 0 Å². The normalized spacial score (nSPS) is 16.0. The molecule has 126 valence electrons. The molecule has 0 radical (unpaired) electrons. The fraction of sp³-hybridized carbons (Fsp3) is 0.529. The van der Waals surface area contributed by atoms with Crippen molar-refractivity contribution in [1.29, 1.82) is 0 Å². The van der Waals surface area contributed by atoms with Crippen LogP contribution >= 0.6 is 0 Å². The minimum absolute atomic E-state index is 0.0172. The van der Waals surface area contributed by atoms with Gasteiger partial charge in [0.15, 0.2) is 0 Å². The van der Waals surface area contributed by atoms with Crippen molar-refractivity contribution in [3.63, 3.8) is 0 Å². The Balaban J connectivity index is 1.83. The summed E-state index contributed by atoms with van der Waals surface area (Å²) in [4.78, 5) is 25.8. The van der Waals surface area contributed by atoms with Crippen molar-refractivity contribution < 1.29 is 19.4 Å². The summed E-state index contributed by atoms with van der Waals surface area (Å²) >= 11 is 0. The zero-order chi connectivity index (χ0) is 17.0. The fourth-order valence-electron chi connectivity index (χ4n) is 2.45.